The van der Waals surface area contributed by atoms with Crippen molar-refractivity contribution in [2.75, 3.05) is 10.8 Å². The van der Waals surface area contributed by atoms with Gasteiger partial charge in [0.2, 0.25) is 0 Å². The molecule has 1 aliphatic heterocycles. The van der Waals surface area contributed by atoms with Gasteiger partial charge >= 0.3 is 0 Å². The smallest absolute Gasteiger partial charge is 0.264 e. The number of nitrogens with zero attached hydrogens (tertiary/aromatic N) is 1. The van der Waals surface area contributed by atoms with Crippen molar-refractivity contribution in [1.29, 1.82) is 0 Å². The normalized spacial score (nSPS) is 17.2. The van der Waals surface area contributed by atoms with Crippen LogP contribution in [0.3, 0.4) is 0 Å². The average molecular weight is 366 g/mol. The molecule has 0 unspecified atom stereocenters. The van der Waals surface area contributed by atoms with Gasteiger partial charge in [-0.1, -0.05) is 18.2 Å². The van der Waals surface area contributed by atoms with E-state index >= 15 is 0 Å². The van der Waals surface area contributed by atoms with Crippen LogP contribution in [0, 0.1) is 0 Å². The Kier molecular flexibility index (Phi) is 3.60. The maximum Gasteiger partial charge on any atom is 0.264 e. The molecule has 26 heavy (non-hydrogen) atoms. The third-order valence-corrected chi connectivity index (χ3v) is 7.53. The van der Waals surface area contributed by atoms with Gasteiger partial charge in [-0.05, 0) is 73.9 Å². The second-order valence-corrected chi connectivity index (χ2v) is 9.17. The first-order chi connectivity index (χ1) is 12.6. The van der Waals surface area contributed by atoms with E-state index in [-0.39, 0.29) is 0 Å². The lowest BCUT2D eigenvalue weighted by Gasteiger charge is -2.30. The zero-order valence-electron chi connectivity index (χ0n) is 14.7. The first-order valence-corrected chi connectivity index (χ1v) is 10.8. The number of aryl methyl sites for hydroxylation is 3. The molecule has 2 heterocycles. The highest BCUT2D eigenvalue weighted by Gasteiger charge is 2.29. The van der Waals surface area contributed by atoms with Crippen molar-refractivity contribution in [3.63, 3.8) is 0 Å². The summed E-state index contributed by atoms with van der Waals surface area (Å²) in [5.41, 5.74) is 5.58. The molecule has 3 aromatic rings. The van der Waals surface area contributed by atoms with Crippen LogP contribution >= 0.6 is 0 Å². The van der Waals surface area contributed by atoms with E-state index in [9.17, 15) is 8.42 Å². The van der Waals surface area contributed by atoms with Crippen molar-refractivity contribution in [2.24, 2.45) is 0 Å². The zero-order chi connectivity index (χ0) is 17.7. The molecule has 0 saturated heterocycles. The lowest BCUT2D eigenvalue weighted by atomic mass is 9.96. The summed E-state index contributed by atoms with van der Waals surface area (Å²) in [6.45, 7) is 0.544. The summed E-state index contributed by atoms with van der Waals surface area (Å²) < 4.78 is 28.4. The number of H-pyrrole nitrogens is 1. The quantitative estimate of drug-likeness (QED) is 0.739. The maximum atomic E-state index is 13.4. The van der Waals surface area contributed by atoms with Gasteiger partial charge in [0.15, 0.2) is 0 Å². The number of fused-ring (bicyclic) bond motifs is 4. The molecule has 0 amide bonds. The number of hydrogen-bond donors (Lipinski definition) is 1. The van der Waals surface area contributed by atoms with E-state index in [0.717, 1.165) is 47.8 Å². The van der Waals surface area contributed by atoms with Gasteiger partial charge in [-0.15, -0.1) is 0 Å². The minimum atomic E-state index is -3.55. The molecule has 4 nitrogen and oxygen atoms in total. The van der Waals surface area contributed by atoms with Crippen LogP contribution in [-0.2, 0) is 29.3 Å². The molecular weight excluding hydrogens is 344 g/mol. The van der Waals surface area contributed by atoms with Crippen LogP contribution in [0.1, 0.15) is 36.1 Å². The van der Waals surface area contributed by atoms with Crippen LogP contribution < -0.4 is 4.31 Å². The van der Waals surface area contributed by atoms with Gasteiger partial charge in [0.25, 0.3) is 10.0 Å². The molecule has 5 rings (SSSR count). The molecule has 0 fully saturated rings. The fraction of sp³-hybridized carbons (Fsp3) is 0.333. The number of sulfonamides is 1. The molecule has 134 valence electrons. The predicted octanol–water partition coefficient (Wildman–Crippen LogP) is 4.19. The van der Waals surface area contributed by atoms with Gasteiger partial charge in [0, 0.05) is 23.1 Å². The van der Waals surface area contributed by atoms with Crippen LogP contribution in [0.2, 0.25) is 0 Å². The molecule has 2 aromatic carbocycles. The summed E-state index contributed by atoms with van der Waals surface area (Å²) in [5, 5.41) is 1.08. The highest BCUT2D eigenvalue weighted by Crippen LogP contribution is 2.34. The summed E-state index contributed by atoms with van der Waals surface area (Å²) in [4.78, 5) is 3.88. The molecule has 2 aliphatic rings. The minimum Gasteiger partial charge on any atom is -0.358 e. The third-order valence-electron chi connectivity index (χ3n) is 5.73. The van der Waals surface area contributed by atoms with Crippen molar-refractivity contribution in [3.05, 3.63) is 59.3 Å². The van der Waals surface area contributed by atoms with Crippen molar-refractivity contribution < 1.29 is 8.42 Å². The molecule has 0 bridgehead atoms. The van der Waals surface area contributed by atoms with Crippen LogP contribution in [0.15, 0.2) is 47.4 Å². The van der Waals surface area contributed by atoms with Crippen molar-refractivity contribution >= 4 is 26.6 Å². The van der Waals surface area contributed by atoms with Crippen molar-refractivity contribution in [2.45, 2.75) is 43.4 Å². The van der Waals surface area contributed by atoms with E-state index < -0.39 is 10.0 Å². The van der Waals surface area contributed by atoms with E-state index in [1.807, 2.05) is 36.4 Å². The predicted molar refractivity (Wildman–Crippen MR) is 104 cm³/mol. The first-order valence-electron chi connectivity index (χ1n) is 9.39. The topological polar surface area (TPSA) is 53.2 Å². The molecule has 0 saturated carbocycles. The largest absolute Gasteiger partial charge is 0.358 e. The number of anilines is 1. The second-order valence-electron chi connectivity index (χ2n) is 7.31. The Morgan fingerprint density at radius 2 is 1.77 bits per heavy atom. The summed E-state index contributed by atoms with van der Waals surface area (Å²) in [6, 6.07) is 13.4. The molecule has 0 spiro atoms. The highest BCUT2D eigenvalue weighted by molar-refractivity contribution is 7.92. The molecule has 1 aromatic heterocycles. The second kappa shape index (κ2) is 5.88. The van der Waals surface area contributed by atoms with Crippen LogP contribution in [0.25, 0.3) is 10.9 Å². The number of rotatable bonds is 2. The SMILES string of the molecule is O=S(=O)(c1ccc2[nH]c3c(c2c1)CCCC3)N1CCCc2ccccc21. The van der Waals surface area contributed by atoms with Crippen LogP contribution in [0.4, 0.5) is 5.69 Å². The lowest BCUT2D eigenvalue weighted by molar-refractivity contribution is 0.586. The van der Waals surface area contributed by atoms with Gasteiger partial charge in [0.1, 0.15) is 0 Å². The Bertz CT molecular complexity index is 1100. The molecule has 5 heteroatoms. The van der Waals surface area contributed by atoms with Gasteiger partial charge in [-0.25, -0.2) is 8.42 Å². The Hall–Kier alpha value is -2.27. The van der Waals surface area contributed by atoms with E-state index in [4.69, 9.17) is 0 Å². The number of para-hydroxylation sites is 1. The number of nitrogens with one attached hydrogen (secondary N) is 1. The van der Waals surface area contributed by atoms with E-state index in [2.05, 4.69) is 4.98 Å². The number of aromatic nitrogens is 1. The van der Waals surface area contributed by atoms with Gasteiger partial charge in [-0.2, -0.15) is 0 Å². The zero-order valence-corrected chi connectivity index (χ0v) is 15.5. The molecular formula is C21H22N2O2S. The summed E-state index contributed by atoms with van der Waals surface area (Å²) in [5.74, 6) is 0. The first kappa shape index (κ1) is 15.9. The number of benzene rings is 2. The highest BCUT2D eigenvalue weighted by atomic mass is 32.2. The summed E-state index contributed by atoms with van der Waals surface area (Å²) >= 11 is 0. The lowest BCUT2D eigenvalue weighted by Crippen LogP contribution is -2.35. The fourth-order valence-corrected chi connectivity index (χ4v) is 5.99. The number of aromatic amines is 1. The van der Waals surface area contributed by atoms with Gasteiger partial charge in [-0.3, -0.25) is 4.31 Å². The molecule has 1 aliphatic carbocycles. The number of hydrogen-bond acceptors (Lipinski definition) is 2. The van der Waals surface area contributed by atoms with Crippen molar-refractivity contribution in [3.8, 4) is 0 Å². The molecule has 1 N–H and O–H groups in total. The van der Waals surface area contributed by atoms with Crippen molar-refractivity contribution in [1.82, 2.24) is 4.98 Å². The molecule has 0 radical (unpaired) electrons. The van der Waals surface area contributed by atoms with E-state index in [1.54, 1.807) is 10.4 Å². The third kappa shape index (κ3) is 2.37. The summed E-state index contributed by atoms with van der Waals surface area (Å²) in [7, 11) is -3.55. The monoisotopic (exact) mass is 366 g/mol. The standard InChI is InChI=1S/C21H22N2O2S/c24-26(25,23-13-5-7-15-6-1-4-10-21(15)23)16-11-12-20-18(14-16)17-8-2-3-9-19(17)22-20/h1,4,6,10-12,14,22H,2-3,5,7-9,13H2. The van der Waals surface area contributed by atoms with Crippen LogP contribution in [-0.4, -0.2) is 19.9 Å². The Labute approximate surface area is 153 Å². The molecule has 0 atom stereocenters. The van der Waals surface area contributed by atoms with Gasteiger partial charge in [0.05, 0.1) is 10.6 Å². The summed E-state index contributed by atoms with van der Waals surface area (Å²) in [6.07, 6.45) is 6.27. The van der Waals surface area contributed by atoms with E-state index in [1.165, 1.54) is 24.1 Å². The van der Waals surface area contributed by atoms with Crippen LogP contribution in [0.5, 0.6) is 0 Å². The maximum absolute atomic E-state index is 13.4. The van der Waals surface area contributed by atoms with E-state index in [0.29, 0.717) is 11.4 Å². The Balaban J connectivity index is 1.63. The Morgan fingerprint density at radius 3 is 2.69 bits per heavy atom. The Morgan fingerprint density at radius 1 is 0.923 bits per heavy atom. The van der Waals surface area contributed by atoms with Gasteiger partial charge < -0.3 is 4.98 Å². The fourth-order valence-electron chi connectivity index (χ4n) is 4.42. The minimum absolute atomic E-state index is 0.397. The average Bonchev–Trinajstić information content (AvgIpc) is 3.05.